The van der Waals surface area contributed by atoms with Crippen LogP contribution in [0.25, 0.3) is 0 Å². The second-order valence-corrected chi connectivity index (χ2v) is 5.03. The Morgan fingerprint density at radius 3 is 2.78 bits per heavy atom. The molecule has 0 spiro atoms. The van der Waals surface area contributed by atoms with Crippen molar-refractivity contribution < 1.29 is 4.79 Å². The van der Waals surface area contributed by atoms with Crippen molar-refractivity contribution >= 4 is 17.3 Å². The second kappa shape index (κ2) is 4.88. The Morgan fingerprint density at radius 2 is 2.17 bits per heavy atom. The van der Waals surface area contributed by atoms with Gasteiger partial charge in [0.15, 0.2) is 0 Å². The van der Waals surface area contributed by atoms with Crippen LogP contribution in [0.2, 0.25) is 0 Å². The van der Waals surface area contributed by atoms with E-state index >= 15 is 0 Å². The number of benzene rings is 1. The van der Waals surface area contributed by atoms with Crippen molar-refractivity contribution in [2.75, 3.05) is 10.6 Å². The molecule has 2 unspecified atom stereocenters. The van der Waals surface area contributed by atoms with Gasteiger partial charge in [-0.15, -0.1) is 0 Å². The van der Waals surface area contributed by atoms with E-state index in [4.69, 9.17) is 11.5 Å². The highest BCUT2D eigenvalue weighted by Gasteiger charge is 2.30. The number of hydrogen-bond acceptors (Lipinski definition) is 3. The van der Waals surface area contributed by atoms with Crippen LogP contribution in [0.5, 0.6) is 0 Å². The molecule has 4 nitrogen and oxygen atoms in total. The van der Waals surface area contributed by atoms with Gasteiger partial charge in [-0.05, 0) is 44.4 Å². The molecule has 1 heterocycles. The average molecular weight is 247 g/mol. The Balaban J connectivity index is 2.42. The number of hydrogen-bond donors (Lipinski definition) is 2. The van der Waals surface area contributed by atoms with Gasteiger partial charge in [0.1, 0.15) is 0 Å². The van der Waals surface area contributed by atoms with E-state index in [2.05, 4.69) is 18.7 Å². The number of nitrogen functional groups attached to an aromatic ring is 1. The van der Waals surface area contributed by atoms with E-state index in [-0.39, 0.29) is 0 Å². The van der Waals surface area contributed by atoms with Gasteiger partial charge in [0.05, 0.1) is 11.4 Å². The molecule has 1 saturated heterocycles. The Bertz CT molecular complexity index is 458. The van der Waals surface area contributed by atoms with E-state index in [1.54, 1.807) is 12.1 Å². The molecular weight excluding hydrogens is 226 g/mol. The van der Waals surface area contributed by atoms with E-state index in [0.29, 0.717) is 23.3 Å². The standard InChI is InChI=1S/C14H21N3O/c1-3-11-6-4-9(2)17(11)13-8-10(14(16)18)5-7-12(13)15/h5,7-9,11H,3-4,6,15H2,1-2H3,(H2,16,18). The summed E-state index contributed by atoms with van der Waals surface area (Å²) < 4.78 is 0. The maximum absolute atomic E-state index is 11.3. The molecule has 0 bridgehead atoms. The third kappa shape index (κ3) is 2.15. The normalized spacial score (nSPS) is 23.3. The Labute approximate surface area is 108 Å². The summed E-state index contributed by atoms with van der Waals surface area (Å²) in [5, 5.41) is 0. The first kappa shape index (κ1) is 12.7. The lowest BCUT2D eigenvalue weighted by Gasteiger charge is -2.31. The molecule has 1 amide bonds. The van der Waals surface area contributed by atoms with Crippen molar-refractivity contribution in [2.45, 2.75) is 45.2 Å². The molecule has 2 rings (SSSR count). The van der Waals surface area contributed by atoms with Crippen LogP contribution in [0.3, 0.4) is 0 Å². The molecule has 0 aliphatic carbocycles. The minimum atomic E-state index is -0.406. The van der Waals surface area contributed by atoms with E-state index in [9.17, 15) is 4.79 Å². The number of nitrogens with zero attached hydrogens (tertiary/aromatic N) is 1. The number of carbonyl (C=O) groups excluding carboxylic acids is 1. The Hall–Kier alpha value is -1.71. The summed E-state index contributed by atoms with van der Waals surface area (Å²) in [6.45, 7) is 4.38. The molecule has 0 radical (unpaired) electrons. The zero-order chi connectivity index (χ0) is 13.3. The molecule has 1 aliphatic heterocycles. The molecular formula is C14H21N3O. The number of anilines is 2. The van der Waals surface area contributed by atoms with Crippen molar-refractivity contribution in [2.24, 2.45) is 5.73 Å². The molecule has 18 heavy (non-hydrogen) atoms. The fraction of sp³-hybridized carbons (Fsp3) is 0.500. The SMILES string of the molecule is CCC1CCC(C)N1c1cc(C(N)=O)ccc1N. The Morgan fingerprint density at radius 1 is 1.44 bits per heavy atom. The highest BCUT2D eigenvalue weighted by molar-refractivity contribution is 5.95. The molecule has 2 atom stereocenters. The second-order valence-electron chi connectivity index (χ2n) is 5.03. The van der Waals surface area contributed by atoms with Gasteiger partial charge in [0.25, 0.3) is 0 Å². The third-order valence-corrected chi connectivity index (χ3v) is 3.85. The first-order valence-corrected chi connectivity index (χ1v) is 6.52. The van der Waals surface area contributed by atoms with Crippen molar-refractivity contribution in [1.82, 2.24) is 0 Å². The molecule has 4 heteroatoms. The largest absolute Gasteiger partial charge is 0.397 e. The van der Waals surface area contributed by atoms with Gasteiger partial charge in [-0.2, -0.15) is 0 Å². The van der Waals surface area contributed by atoms with E-state index < -0.39 is 5.91 Å². The zero-order valence-electron chi connectivity index (χ0n) is 11.0. The van der Waals surface area contributed by atoms with Gasteiger partial charge in [0.2, 0.25) is 5.91 Å². The van der Waals surface area contributed by atoms with E-state index in [0.717, 1.165) is 12.1 Å². The highest BCUT2D eigenvalue weighted by atomic mass is 16.1. The summed E-state index contributed by atoms with van der Waals surface area (Å²) in [7, 11) is 0. The molecule has 0 saturated carbocycles. The lowest BCUT2D eigenvalue weighted by atomic mass is 10.1. The van der Waals surface area contributed by atoms with Crippen LogP contribution in [0.1, 0.15) is 43.5 Å². The molecule has 1 aromatic carbocycles. The quantitative estimate of drug-likeness (QED) is 0.804. The molecule has 1 fully saturated rings. The number of primary amides is 1. The summed E-state index contributed by atoms with van der Waals surface area (Å²) in [4.78, 5) is 13.6. The predicted molar refractivity (Wildman–Crippen MR) is 74.6 cm³/mol. The van der Waals surface area contributed by atoms with Gasteiger partial charge in [0, 0.05) is 17.6 Å². The number of carbonyl (C=O) groups is 1. The maximum atomic E-state index is 11.3. The number of nitrogens with two attached hydrogens (primary N) is 2. The molecule has 1 aliphatic rings. The van der Waals surface area contributed by atoms with Crippen molar-refractivity contribution in [3.63, 3.8) is 0 Å². The molecule has 0 aromatic heterocycles. The summed E-state index contributed by atoms with van der Waals surface area (Å²) in [5.74, 6) is -0.406. The van der Waals surface area contributed by atoms with Gasteiger partial charge >= 0.3 is 0 Å². The van der Waals surface area contributed by atoms with Crippen LogP contribution in [0.4, 0.5) is 11.4 Å². The smallest absolute Gasteiger partial charge is 0.248 e. The fourth-order valence-electron chi connectivity index (χ4n) is 2.83. The third-order valence-electron chi connectivity index (χ3n) is 3.85. The van der Waals surface area contributed by atoms with Gasteiger partial charge in [-0.1, -0.05) is 6.92 Å². The van der Waals surface area contributed by atoms with Crippen LogP contribution in [-0.4, -0.2) is 18.0 Å². The number of amides is 1. The first-order chi connectivity index (χ1) is 8.54. The lowest BCUT2D eigenvalue weighted by molar-refractivity contribution is 0.100. The van der Waals surface area contributed by atoms with Crippen LogP contribution in [0, 0.1) is 0 Å². The van der Waals surface area contributed by atoms with Crippen molar-refractivity contribution in [3.05, 3.63) is 23.8 Å². The van der Waals surface area contributed by atoms with E-state index in [1.165, 1.54) is 12.8 Å². The van der Waals surface area contributed by atoms with Crippen molar-refractivity contribution in [3.8, 4) is 0 Å². The van der Waals surface area contributed by atoms with Crippen LogP contribution < -0.4 is 16.4 Å². The monoisotopic (exact) mass is 247 g/mol. The van der Waals surface area contributed by atoms with Crippen LogP contribution in [0.15, 0.2) is 18.2 Å². The minimum absolute atomic E-state index is 0.406. The summed E-state index contributed by atoms with van der Waals surface area (Å²) in [6, 6.07) is 6.24. The lowest BCUT2D eigenvalue weighted by Crippen LogP contribution is -2.34. The van der Waals surface area contributed by atoms with Gasteiger partial charge in [-0.3, -0.25) is 4.79 Å². The minimum Gasteiger partial charge on any atom is -0.397 e. The van der Waals surface area contributed by atoms with Crippen LogP contribution >= 0.6 is 0 Å². The number of rotatable bonds is 3. The molecule has 98 valence electrons. The molecule has 1 aromatic rings. The maximum Gasteiger partial charge on any atom is 0.248 e. The molecule has 4 N–H and O–H groups in total. The predicted octanol–water partition coefficient (Wildman–Crippen LogP) is 2.14. The zero-order valence-corrected chi connectivity index (χ0v) is 11.0. The summed E-state index contributed by atoms with van der Waals surface area (Å²) in [5.41, 5.74) is 13.6. The summed E-state index contributed by atoms with van der Waals surface area (Å²) in [6.07, 6.45) is 3.43. The summed E-state index contributed by atoms with van der Waals surface area (Å²) >= 11 is 0. The Kier molecular flexibility index (Phi) is 3.45. The average Bonchev–Trinajstić information content (AvgIpc) is 2.71. The highest BCUT2D eigenvalue weighted by Crippen LogP contribution is 2.35. The van der Waals surface area contributed by atoms with Crippen molar-refractivity contribution in [1.29, 1.82) is 0 Å². The van der Waals surface area contributed by atoms with Crippen LogP contribution in [-0.2, 0) is 0 Å². The van der Waals surface area contributed by atoms with Gasteiger partial charge < -0.3 is 16.4 Å². The topological polar surface area (TPSA) is 72.3 Å². The first-order valence-electron chi connectivity index (χ1n) is 6.52. The van der Waals surface area contributed by atoms with E-state index in [1.807, 2.05) is 6.07 Å². The fourth-order valence-corrected chi connectivity index (χ4v) is 2.83. The van der Waals surface area contributed by atoms with Gasteiger partial charge in [-0.25, -0.2) is 0 Å².